The Bertz CT molecular complexity index is 244. The van der Waals surface area contributed by atoms with E-state index in [1.54, 1.807) is 0 Å². The highest BCUT2D eigenvalue weighted by Crippen LogP contribution is 1.93. The van der Waals surface area contributed by atoms with Crippen molar-refractivity contribution in [3.05, 3.63) is 0 Å². The van der Waals surface area contributed by atoms with Crippen LogP contribution in [0, 0.1) is 5.92 Å². The highest BCUT2D eigenvalue weighted by molar-refractivity contribution is 5.87. The first-order valence-corrected chi connectivity index (χ1v) is 5.82. The molecule has 0 heterocycles. The number of hydrogen-bond acceptors (Lipinski definition) is 4. The maximum atomic E-state index is 11.3. The molecule has 0 aliphatic carbocycles. The molecule has 6 heteroatoms. The van der Waals surface area contributed by atoms with Crippen LogP contribution in [0.4, 0.5) is 0 Å². The molecule has 0 fully saturated rings. The van der Waals surface area contributed by atoms with Crippen molar-refractivity contribution in [3.63, 3.8) is 0 Å². The van der Waals surface area contributed by atoms with Crippen molar-refractivity contribution in [3.8, 4) is 0 Å². The Morgan fingerprint density at radius 3 is 2.53 bits per heavy atom. The largest absolute Gasteiger partial charge is 0.381 e. The van der Waals surface area contributed by atoms with Gasteiger partial charge in [-0.3, -0.25) is 9.59 Å². The van der Waals surface area contributed by atoms with Gasteiger partial charge in [0.05, 0.1) is 12.5 Å². The predicted molar refractivity (Wildman–Crippen MR) is 65.1 cm³/mol. The number of rotatable bonds is 9. The third kappa shape index (κ3) is 9.77. The summed E-state index contributed by atoms with van der Waals surface area (Å²) in [6.45, 7) is 5.96. The van der Waals surface area contributed by atoms with E-state index in [1.807, 2.05) is 0 Å². The summed E-state index contributed by atoms with van der Waals surface area (Å²) in [4.78, 5) is 21.9. The van der Waals surface area contributed by atoms with Crippen LogP contribution in [0.25, 0.3) is 0 Å². The van der Waals surface area contributed by atoms with Crippen molar-refractivity contribution in [2.24, 2.45) is 17.4 Å². The Balaban J connectivity index is 3.48. The number of ether oxygens (including phenoxy) is 1. The minimum atomic E-state index is -0.857. The molecule has 0 radical (unpaired) electrons. The van der Waals surface area contributed by atoms with Crippen LogP contribution in [0.3, 0.4) is 0 Å². The highest BCUT2D eigenvalue weighted by atomic mass is 16.5. The zero-order valence-electron chi connectivity index (χ0n) is 10.6. The van der Waals surface area contributed by atoms with E-state index in [1.165, 1.54) is 0 Å². The molecule has 0 aliphatic rings. The van der Waals surface area contributed by atoms with Crippen molar-refractivity contribution < 1.29 is 14.3 Å². The number of carbonyl (C=O) groups is 2. The van der Waals surface area contributed by atoms with Crippen LogP contribution in [-0.4, -0.2) is 37.6 Å². The lowest BCUT2D eigenvalue weighted by atomic mass is 10.2. The van der Waals surface area contributed by atoms with Crippen molar-refractivity contribution in [1.29, 1.82) is 0 Å². The molecule has 0 aromatic heterocycles. The molecule has 0 aromatic rings. The summed E-state index contributed by atoms with van der Waals surface area (Å²) in [6.07, 6.45) is 0.595. The fourth-order valence-electron chi connectivity index (χ4n) is 1.15. The molecule has 1 atom stereocenters. The standard InChI is InChI=1S/C11H23N3O3/c1-8(2)7-17-5-3-4-14-11(16)9(12)6-10(13)15/h8-9H,3-7,12H2,1-2H3,(H2,13,15)(H,14,16). The number of nitrogens with one attached hydrogen (secondary N) is 1. The lowest BCUT2D eigenvalue weighted by molar-refractivity contribution is -0.126. The maximum Gasteiger partial charge on any atom is 0.237 e. The quantitative estimate of drug-likeness (QED) is 0.470. The van der Waals surface area contributed by atoms with Gasteiger partial charge in [-0.1, -0.05) is 13.8 Å². The van der Waals surface area contributed by atoms with Crippen LogP contribution < -0.4 is 16.8 Å². The molecule has 0 rings (SSSR count). The molecule has 0 saturated heterocycles. The minimum absolute atomic E-state index is 0.129. The summed E-state index contributed by atoms with van der Waals surface area (Å²) in [7, 11) is 0. The molecule has 0 aromatic carbocycles. The third-order valence-corrected chi connectivity index (χ3v) is 1.97. The van der Waals surface area contributed by atoms with Gasteiger partial charge in [-0.2, -0.15) is 0 Å². The maximum absolute atomic E-state index is 11.3. The topological polar surface area (TPSA) is 107 Å². The molecule has 6 nitrogen and oxygen atoms in total. The normalized spacial score (nSPS) is 12.5. The molecule has 1 unspecified atom stereocenters. The second-order valence-corrected chi connectivity index (χ2v) is 4.39. The molecule has 0 bridgehead atoms. The van der Waals surface area contributed by atoms with E-state index in [0.29, 0.717) is 19.1 Å². The van der Waals surface area contributed by atoms with Gasteiger partial charge in [-0.15, -0.1) is 0 Å². The van der Waals surface area contributed by atoms with Gasteiger partial charge in [0.15, 0.2) is 0 Å². The lowest BCUT2D eigenvalue weighted by Crippen LogP contribution is -2.43. The molecular formula is C11H23N3O3. The third-order valence-electron chi connectivity index (χ3n) is 1.97. The summed E-state index contributed by atoms with van der Waals surface area (Å²) in [5, 5.41) is 2.62. The van der Waals surface area contributed by atoms with E-state index >= 15 is 0 Å². The average molecular weight is 245 g/mol. The van der Waals surface area contributed by atoms with Gasteiger partial charge in [-0.25, -0.2) is 0 Å². The molecule has 0 saturated carbocycles. The van der Waals surface area contributed by atoms with E-state index in [0.717, 1.165) is 13.0 Å². The molecule has 5 N–H and O–H groups in total. The average Bonchev–Trinajstić information content (AvgIpc) is 2.21. The number of primary amides is 1. The monoisotopic (exact) mass is 245 g/mol. The van der Waals surface area contributed by atoms with E-state index in [9.17, 15) is 9.59 Å². The summed E-state index contributed by atoms with van der Waals surface area (Å²) in [5.74, 6) is -0.422. The Morgan fingerprint density at radius 2 is 2.00 bits per heavy atom. The smallest absolute Gasteiger partial charge is 0.237 e. The van der Waals surface area contributed by atoms with Crippen LogP contribution in [0.5, 0.6) is 0 Å². The first kappa shape index (κ1) is 15.9. The fraction of sp³-hybridized carbons (Fsp3) is 0.818. The molecule has 2 amide bonds. The van der Waals surface area contributed by atoms with Gasteiger partial charge in [0, 0.05) is 19.8 Å². The van der Waals surface area contributed by atoms with Crippen molar-refractivity contribution in [2.45, 2.75) is 32.7 Å². The molecular weight excluding hydrogens is 222 g/mol. The molecule has 100 valence electrons. The SMILES string of the molecule is CC(C)COCCCNC(=O)C(N)CC(N)=O. The number of amides is 2. The van der Waals surface area contributed by atoms with Crippen LogP contribution in [0.15, 0.2) is 0 Å². The lowest BCUT2D eigenvalue weighted by Gasteiger charge is -2.11. The zero-order valence-corrected chi connectivity index (χ0v) is 10.6. The Morgan fingerprint density at radius 1 is 1.35 bits per heavy atom. The minimum Gasteiger partial charge on any atom is -0.381 e. The first-order valence-electron chi connectivity index (χ1n) is 5.82. The molecule has 17 heavy (non-hydrogen) atoms. The Kier molecular flexibility index (Phi) is 8.35. The van der Waals surface area contributed by atoms with Crippen LogP contribution in [0.1, 0.15) is 26.7 Å². The van der Waals surface area contributed by atoms with Gasteiger partial charge in [0.2, 0.25) is 11.8 Å². The molecule has 0 spiro atoms. The van der Waals surface area contributed by atoms with E-state index in [2.05, 4.69) is 19.2 Å². The van der Waals surface area contributed by atoms with Gasteiger partial charge in [0.1, 0.15) is 0 Å². The zero-order chi connectivity index (χ0) is 13.3. The molecule has 0 aliphatic heterocycles. The van der Waals surface area contributed by atoms with E-state index < -0.39 is 11.9 Å². The Labute approximate surface area is 102 Å². The summed E-state index contributed by atoms with van der Waals surface area (Å²) in [6, 6.07) is -0.857. The van der Waals surface area contributed by atoms with Gasteiger partial charge in [0.25, 0.3) is 0 Å². The van der Waals surface area contributed by atoms with Crippen LogP contribution >= 0.6 is 0 Å². The van der Waals surface area contributed by atoms with Crippen molar-refractivity contribution >= 4 is 11.8 Å². The van der Waals surface area contributed by atoms with Gasteiger partial charge >= 0.3 is 0 Å². The second kappa shape index (κ2) is 8.95. The Hall–Kier alpha value is -1.14. The van der Waals surface area contributed by atoms with Crippen LogP contribution in [-0.2, 0) is 14.3 Å². The van der Waals surface area contributed by atoms with Crippen LogP contribution in [0.2, 0.25) is 0 Å². The number of nitrogens with two attached hydrogens (primary N) is 2. The van der Waals surface area contributed by atoms with Crippen molar-refractivity contribution in [2.75, 3.05) is 19.8 Å². The van der Waals surface area contributed by atoms with Gasteiger partial charge in [-0.05, 0) is 12.3 Å². The predicted octanol–water partition coefficient (Wildman–Crippen LogP) is -0.632. The van der Waals surface area contributed by atoms with Gasteiger partial charge < -0.3 is 21.5 Å². The number of hydrogen-bond donors (Lipinski definition) is 3. The highest BCUT2D eigenvalue weighted by Gasteiger charge is 2.14. The van der Waals surface area contributed by atoms with E-state index in [-0.39, 0.29) is 12.3 Å². The van der Waals surface area contributed by atoms with E-state index in [4.69, 9.17) is 16.2 Å². The second-order valence-electron chi connectivity index (χ2n) is 4.39. The first-order chi connectivity index (χ1) is 7.93. The summed E-state index contributed by atoms with van der Waals surface area (Å²) >= 11 is 0. The van der Waals surface area contributed by atoms with Crippen molar-refractivity contribution in [1.82, 2.24) is 5.32 Å². The summed E-state index contributed by atoms with van der Waals surface area (Å²) in [5.41, 5.74) is 10.4. The summed E-state index contributed by atoms with van der Waals surface area (Å²) < 4.78 is 5.35. The number of carbonyl (C=O) groups excluding carboxylic acids is 2. The fourth-order valence-corrected chi connectivity index (χ4v) is 1.15.